The van der Waals surface area contributed by atoms with Gasteiger partial charge in [0.2, 0.25) is 0 Å². The molecular weight excluding hydrogens is 390 g/mol. The molecule has 5 nitrogen and oxygen atoms in total. The molecule has 3 aromatic rings. The summed E-state index contributed by atoms with van der Waals surface area (Å²) in [6.45, 7) is 4.54. The van der Waals surface area contributed by atoms with Crippen molar-refractivity contribution in [1.29, 1.82) is 0 Å². The zero-order chi connectivity index (χ0) is 21.8. The molecule has 162 valence electrons. The topological polar surface area (TPSA) is 61.0 Å². The van der Waals surface area contributed by atoms with Crippen molar-refractivity contribution in [3.63, 3.8) is 0 Å². The molecule has 2 aromatic carbocycles. The van der Waals surface area contributed by atoms with Gasteiger partial charge in [-0.2, -0.15) is 0 Å². The summed E-state index contributed by atoms with van der Waals surface area (Å²) in [5.74, 6) is 1.45. The van der Waals surface area contributed by atoms with Crippen molar-refractivity contribution in [1.82, 2.24) is 0 Å². The van der Waals surface area contributed by atoms with Crippen LogP contribution in [0.1, 0.15) is 57.4 Å². The van der Waals surface area contributed by atoms with Crippen molar-refractivity contribution in [2.24, 2.45) is 4.99 Å². The van der Waals surface area contributed by atoms with E-state index in [-0.39, 0.29) is 5.63 Å². The van der Waals surface area contributed by atoms with Gasteiger partial charge in [0.25, 0.3) is 0 Å². The van der Waals surface area contributed by atoms with Gasteiger partial charge in [-0.25, -0.2) is 4.79 Å². The Hall–Kier alpha value is -3.08. The van der Waals surface area contributed by atoms with Crippen molar-refractivity contribution in [3.05, 3.63) is 58.1 Å². The second-order valence-electron chi connectivity index (χ2n) is 8.28. The first kappa shape index (κ1) is 21.2. The molecule has 0 atom stereocenters. The molecule has 5 heteroatoms. The molecule has 1 aromatic heterocycles. The van der Waals surface area contributed by atoms with Gasteiger partial charge in [0.05, 0.1) is 18.2 Å². The standard InChI is InChI=1S/C23H23NO4.C3H6/c1-14(2)15-7-8-17-18-11-21(26-3)22(27-13-16-6-4-5-9-24-16)12-20(18)28-23(25)19(17)10-15;1-2-3-1/h6-12,14H,4-5,13H2,1-3H3;1-3H2. The van der Waals surface area contributed by atoms with E-state index in [1.54, 1.807) is 13.2 Å². The number of fused-ring (bicyclic) bond motifs is 3. The van der Waals surface area contributed by atoms with Crippen LogP contribution in [0.15, 0.2) is 56.3 Å². The van der Waals surface area contributed by atoms with Crippen LogP contribution in [-0.4, -0.2) is 19.9 Å². The lowest BCUT2D eigenvalue weighted by atomic mass is 9.98. The second-order valence-corrected chi connectivity index (χ2v) is 8.28. The van der Waals surface area contributed by atoms with Crippen molar-refractivity contribution in [2.75, 3.05) is 13.7 Å². The first-order valence-electron chi connectivity index (χ1n) is 11.0. The van der Waals surface area contributed by atoms with Crippen LogP contribution in [0.25, 0.3) is 21.7 Å². The number of methoxy groups -OCH3 is 1. The van der Waals surface area contributed by atoms with Gasteiger partial charge < -0.3 is 13.9 Å². The molecule has 2 aliphatic rings. The molecule has 2 heterocycles. The highest BCUT2D eigenvalue weighted by molar-refractivity contribution is 6.05. The molecule has 0 spiro atoms. The van der Waals surface area contributed by atoms with Gasteiger partial charge in [-0.05, 0) is 36.5 Å². The van der Waals surface area contributed by atoms with E-state index < -0.39 is 0 Å². The maximum atomic E-state index is 12.6. The third-order valence-electron chi connectivity index (χ3n) is 5.35. The maximum absolute atomic E-state index is 12.6. The monoisotopic (exact) mass is 419 g/mol. The third-order valence-corrected chi connectivity index (χ3v) is 5.35. The van der Waals surface area contributed by atoms with Gasteiger partial charge in [0.15, 0.2) is 11.5 Å². The van der Waals surface area contributed by atoms with Gasteiger partial charge in [-0.15, -0.1) is 0 Å². The average Bonchev–Trinajstić information content (AvgIpc) is 3.67. The zero-order valence-corrected chi connectivity index (χ0v) is 18.4. The maximum Gasteiger partial charge on any atom is 0.344 e. The molecular formula is C26H29NO4. The van der Waals surface area contributed by atoms with Crippen LogP contribution in [-0.2, 0) is 0 Å². The Morgan fingerprint density at radius 1 is 1.00 bits per heavy atom. The molecule has 0 radical (unpaired) electrons. The number of aliphatic imine (C=N–C) groups is 1. The Labute approximate surface area is 182 Å². The number of hydrogen-bond acceptors (Lipinski definition) is 5. The zero-order valence-electron chi connectivity index (χ0n) is 18.4. The molecule has 0 unspecified atom stereocenters. The van der Waals surface area contributed by atoms with E-state index in [9.17, 15) is 4.79 Å². The van der Waals surface area contributed by atoms with Gasteiger partial charge in [-0.1, -0.05) is 51.3 Å². The lowest BCUT2D eigenvalue weighted by Gasteiger charge is -2.14. The molecule has 5 rings (SSSR count). The molecule has 0 amide bonds. The Morgan fingerprint density at radius 2 is 1.81 bits per heavy atom. The van der Waals surface area contributed by atoms with Crippen LogP contribution in [0.4, 0.5) is 0 Å². The summed E-state index contributed by atoms with van der Waals surface area (Å²) in [4.78, 5) is 16.9. The molecule has 1 aliphatic heterocycles. The predicted molar refractivity (Wildman–Crippen MR) is 126 cm³/mol. The van der Waals surface area contributed by atoms with E-state index >= 15 is 0 Å². The first-order chi connectivity index (χ1) is 15.1. The molecule has 0 N–H and O–H groups in total. The number of nitrogens with zero attached hydrogens (tertiary/aromatic N) is 1. The van der Waals surface area contributed by atoms with E-state index in [1.807, 2.05) is 24.4 Å². The fourth-order valence-electron chi connectivity index (χ4n) is 3.39. The first-order valence-corrected chi connectivity index (χ1v) is 11.0. The lowest BCUT2D eigenvalue weighted by molar-refractivity contribution is 0.318. The molecule has 1 aliphatic carbocycles. The average molecular weight is 420 g/mol. The Balaban J connectivity index is 0.000000710. The molecule has 0 bridgehead atoms. The number of allylic oxidation sites excluding steroid dienone is 1. The van der Waals surface area contributed by atoms with Gasteiger partial charge in [0, 0.05) is 23.1 Å². The second kappa shape index (κ2) is 9.38. The number of hydrogen-bond donors (Lipinski definition) is 0. The van der Waals surface area contributed by atoms with E-state index in [2.05, 4.69) is 31.0 Å². The van der Waals surface area contributed by atoms with Crippen molar-refractivity contribution < 1.29 is 13.9 Å². The fraction of sp³-hybridized carbons (Fsp3) is 0.385. The summed E-state index contributed by atoms with van der Waals surface area (Å²) >= 11 is 0. The highest BCUT2D eigenvalue weighted by atomic mass is 16.5. The van der Waals surface area contributed by atoms with Crippen molar-refractivity contribution in [2.45, 2.75) is 51.9 Å². The third kappa shape index (κ3) is 4.98. The Bertz CT molecular complexity index is 1200. The van der Waals surface area contributed by atoms with Gasteiger partial charge >= 0.3 is 5.63 Å². The molecule has 1 saturated carbocycles. The molecule has 1 fully saturated rings. The van der Waals surface area contributed by atoms with E-state index in [0.29, 0.717) is 35.0 Å². The summed E-state index contributed by atoms with van der Waals surface area (Å²) in [7, 11) is 1.60. The van der Waals surface area contributed by atoms with Gasteiger partial charge in [0.1, 0.15) is 12.2 Å². The fourth-order valence-corrected chi connectivity index (χ4v) is 3.39. The minimum Gasteiger partial charge on any atom is -0.493 e. The smallest absolute Gasteiger partial charge is 0.344 e. The lowest BCUT2D eigenvalue weighted by Crippen LogP contribution is -2.05. The van der Waals surface area contributed by atoms with E-state index in [1.165, 1.54) is 19.3 Å². The normalized spacial score (nSPS) is 14.9. The van der Waals surface area contributed by atoms with E-state index in [0.717, 1.165) is 34.9 Å². The molecule has 0 saturated heterocycles. The Kier molecular flexibility index (Phi) is 6.40. The minimum atomic E-state index is -0.347. The number of ether oxygens (including phenoxy) is 2. The summed E-state index contributed by atoms with van der Waals surface area (Å²) in [5.41, 5.74) is 2.12. The molecule has 31 heavy (non-hydrogen) atoms. The van der Waals surface area contributed by atoms with Crippen LogP contribution < -0.4 is 15.1 Å². The van der Waals surface area contributed by atoms with Crippen molar-refractivity contribution >= 4 is 28.0 Å². The summed E-state index contributed by atoms with van der Waals surface area (Å²) in [6.07, 6.45) is 10.4. The van der Waals surface area contributed by atoms with Crippen LogP contribution in [0.2, 0.25) is 0 Å². The van der Waals surface area contributed by atoms with Crippen LogP contribution >= 0.6 is 0 Å². The number of benzene rings is 2. The number of rotatable bonds is 5. The highest BCUT2D eigenvalue weighted by Gasteiger charge is 2.15. The highest BCUT2D eigenvalue weighted by Crippen LogP contribution is 2.35. The van der Waals surface area contributed by atoms with Crippen molar-refractivity contribution in [3.8, 4) is 11.5 Å². The largest absolute Gasteiger partial charge is 0.493 e. The van der Waals surface area contributed by atoms with E-state index in [4.69, 9.17) is 13.9 Å². The summed E-state index contributed by atoms with van der Waals surface area (Å²) < 4.78 is 17.0. The quantitative estimate of drug-likeness (QED) is 0.356. The predicted octanol–water partition coefficient (Wildman–Crippen LogP) is 6.38. The minimum absolute atomic E-state index is 0.335. The van der Waals surface area contributed by atoms with Gasteiger partial charge in [-0.3, -0.25) is 4.99 Å². The van der Waals surface area contributed by atoms with Crippen LogP contribution in [0, 0.1) is 0 Å². The van der Waals surface area contributed by atoms with Crippen LogP contribution in [0.5, 0.6) is 11.5 Å². The SMILES string of the molecule is C1CC1.COc1cc2c(cc1OCC1=CCCC=N1)oc(=O)c1cc(C(C)C)ccc12. The summed E-state index contributed by atoms with van der Waals surface area (Å²) in [5, 5.41) is 2.25. The van der Waals surface area contributed by atoms with Crippen LogP contribution in [0.3, 0.4) is 0 Å². The Morgan fingerprint density at radius 3 is 2.45 bits per heavy atom. The summed E-state index contributed by atoms with van der Waals surface area (Å²) in [6, 6.07) is 9.53.